The molecule has 146 valence electrons. The summed E-state index contributed by atoms with van der Waals surface area (Å²) in [6.07, 6.45) is -4.42. The van der Waals surface area contributed by atoms with E-state index in [1.165, 1.54) is 6.07 Å². The number of ether oxygens (including phenoxy) is 1. The Morgan fingerprint density at radius 3 is 2.44 bits per heavy atom. The Hall–Kier alpha value is -2.40. The summed E-state index contributed by atoms with van der Waals surface area (Å²) in [5.41, 5.74) is -3.35. The lowest BCUT2D eigenvalue weighted by molar-refractivity contribution is -0.141. The van der Waals surface area contributed by atoms with Gasteiger partial charge >= 0.3 is 12.1 Å². The van der Waals surface area contributed by atoms with Gasteiger partial charge in [0.1, 0.15) is 0 Å². The predicted octanol–water partition coefficient (Wildman–Crippen LogP) is 2.48. The minimum atomic E-state index is -5.02. The first-order valence-corrected chi connectivity index (χ1v) is 9.51. The molecule has 0 N–H and O–H groups in total. The summed E-state index contributed by atoms with van der Waals surface area (Å²) in [6, 6.07) is 3.54. The van der Waals surface area contributed by atoms with Crippen molar-refractivity contribution in [3.63, 3.8) is 0 Å². The first-order chi connectivity index (χ1) is 12.4. The molecule has 1 aromatic heterocycles. The van der Waals surface area contributed by atoms with Gasteiger partial charge in [0.15, 0.2) is 5.69 Å². The lowest BCUT2D eigenvalue weighted by atomic mass is 10.2. The van der Waals surface area contributed by atoms with Crippen LogP contribution in [0.5, 0.6) is 0 Å². The van der Waals surface area contributed by atoms with E-state index >= 15 is 0 Å². The van der Waals surface area contributed by atoms with Crippen LogP contribution < -0.4 is 5.56 Å². The smallest absolute Gasteiger partial charge is 0.433 e. The minimum Gasteiger partial charge on any atom is -0.462 e. The van der Waals surface area contributed by atoms with Gasteiger partial charge in [-0.1, -0.05) is 11.6 Å². The van der Waals surface area contributed by atoms with Gasteiger partial charge in [-0.15, -0.1) is 0 Å². The van der Waals surface area contributed by atoms with Crippen LogP contribution in [-0.4, -0.2) is 36.8 Å². The van der Waals surface area contributed by atoms with Crippen molar-refractivity contribution in [1.29, 1.82) is 0 Å². The van der Waals surface area contributed by atoms with Crippen LogP contribution in [0.15, 0.2) is 34.2 Å². The molecular weight excluding hydrogens is 413 g/mol. The molecule has 0 saturated carbocycles. The maximum Gasteiger partial charge on any atom is 0.433 e. The fourth-order valence-corrected chi connectivity index (χ4v) is 3.10. The van der Waals surface area contributed by atoms with E-state index in [9.17, 15) is 31.2 Å². The van der Waals surface area contributed by atoms with Gasteiger partial charge in [0.05, 0.1) is 22.9 Å². The summed E-state index contributed by atoms with van der Waals surface area (Å²) in [5, 5.41) is -1.18. The summed E-state index contributed by atoms with van der Waals surface area (Å²) in [7, 11) is -4.34. The van der Waals surface area contributed by atoms with Crippen molar-refractivity contribution in [2.75, 3.05) is 12.9 Å². The number of carbonyl (C=O) groups excluding carboxylic acids is 1. The van der Waals surface area contributed by atoms with E-state index in [2.05, 4.69) is 4.98 Å². The number of halogens is 4. The molecule has 27 heavy (non-hydrogen) atoms. The van der Waals surface area contributed by atoms with Gasteiger partial charge in [0, 0.05) is 12.3 Å². The van der Waals surface area contributed by atoms with Crippen LogP contribution in [0, 0.1) is 0 Å². The fourth-order valence-electron chi connectivity index (χ4n) is 2.11. The lowest BCUT2D eigenvalue weighted by Crippen LogP contribution is -2.28. The number of sulfone groups is 1. The third-order valence-corrected chi connectivity index (χ3v) is 4.48. The zero-order chi connectivity index (χ0) is 20.6. The number of aromatic nitrogens is 2. The van der Waals surface area contributed by atoms with E-state index in [0.29, 0.717) is 10.8 Å². The Morgan fingerprint density at radius 2 is 1.93 bits per heavy atom. The molecule has 0 aliphatic rings. The standard InChI is InChI=1S/C15H12ClF3N2O5S/c1-3-26-13(23)9-6-8(4-5-10(9)16)21-12(22)7-11(15(17,18)19)20-14(21)27(2,24)25/h4-7H,3H2,1-2H3. The summed E-state index contributed by atoms with van der Waals surface area (Å²) in [6.45, 7) is 1.57. The average Bonchev–Trinajstić information content (AvgIpc) is 2.53. The number of hydrogen-bond acceptors (Lipinski definition) is 6. The monoisotopic (exact) mass is 424 g/mol. The molecule has 0 spiro atoms. The van der Waals surface area contributed by atoms with E-state index in [-0.39, 0.29) is 28.9 Å². The molecule has 0 unspecified atom stereocenters. The fraction of sp³-hybridized carbons (Fsp3) is 0.267. The van der Waals surface area contributed by atoms with Crippen molar-refractivity contribution in [3.8, 4) is 5.69 Å². The summed E-state index contributed by atoms with van der Waals surface area (Å²) in [5.74, 6) is -0.849. The first-order valence-electron chi connectivity index (χ1n) is 7.24. The normalized spacial score (nSPS) is 12.1. The molecule has 12 heteroatoms. The Kier molecular flexibility index (Phi) is 5.66. The zero-order valence-electron chi connectivity index (χ0n) is 13.9. The molecule has 0 radical (unpaired) electrons. The molecule has 0 atom stereocenters. The Bertz CT molecular complexity index is 1060. The highest BCUT2D eigenvalue weighted by Crippen LogP contribution is 2.28. The second-order valence-corrected chi connectivity index (χ2v) is 7.57. The molecule has 0 fully saturated rings. The number of carbonyl (C=O) groups is 1. The molecule has 2 rings (SSSR count). The highest BCUT2D eigenvalue weighted by Gasteiger charge is 2.35. The number of hydrogen-bond donors (Lipinski definition) is 0. The summed E-state index contributed by atoms with van der Waals surface area (Å²) >= 11 is 5.90. The number of benzene rings is 1. The van der Waals surface area contributed by atoms with Gasteiger partial charge in [0.25, 0.3) is 5.56 Å². The van der Waals surface area contributed by atoms with Gasteiger partial charge in [-0.25, -0.2) is 18.2 Å². The van der Waals surface area contributed by atoms with Crippen molar-refractivity contribution < 1.29 is 31.1 Å². The Balaban J connectivity index is 2.82. The molecule has 1 aromatic carbocycles. The number of alkyl halides is 3. The van der Waals surface area contributed by atoms with Crippen LogP contribution in [0.2, 0.25) is 5.02 Å². The number of rotatable bonds is 4. The van der Waals surface area contributed by atoms with Crippen LogP contribution in [0.3, 0.4) is 0 Å². The van der Waals surface area contributed by atoms with Crippen molar-refractivity contribution >= 4 is 27.4 Å². The molecule has 0 saturated heterocycles. The molecule has 7 nitrogen and oxygen atoms in total. The van der Waals surface area contributed by atoms with Crippen molar-refractivity contribution in [1.82, 2.24) is 9.55 Å². The third kappa shape index (κ3) is 4.48. The lowest BCUT2D eigenvalue weighted by Gasteiger charge is -2.14. The van der Waals surface area contributed by atoms with E-state index in [4.69, 9.17) is 16.3 Å². The third-order valence-electron chi connectivity index (χ3n) is 3.21. The van der Waals surface area contributed by atoms with Crippen LogP contribution in [0.1, 0.15) is 23.0 Å². The SMILES string of the molecule is CCOC(=O)c1cc(-n2c(S(C)(=O)=O)nc(C(F)(F)F)cc2=O)ccc1Cl. The van der Waals surface area contributed by atoms with E-state index < -0.39 is 38.4 Å². The molecule has 0 bridgehead atoms. The second-order valence-electron chi connectivity index (χ2n) is 5.25. The predicted molar refractivity (Wildman–Crippen MR) is 88.9 cm³/mol. The Morgan fingerprint density at radius 1 is 1.30 bits per heavy atom. The zero-order valence-corrected chi connectivity index (χ0v) is 15.4. The van der Waals surface area contributed by atoms with E-state index in [1.807, 2.05) is 0 Å². The number of esters is 1. The highest BCUT2D eigenvalue weighted by atomic mass is 35.5. The maximum absolute atomic E-state index is 12.9. The van der Waals surface area contributed by atoms with Crippen LogP contribution in [0.4, 0.5) is 13.2 Å². The summed E-state index contributed by atoms with van der Waals surface area (Å²) < 4.78 is 67.8. The van der Waals surface area contributed by atoms with Gasteiger partial charge in [-0.3, -0.25) is 9.36 Å². The largest absolute Gasteiger partial charge is 0.462 e. The molecule has 0 aliphatic heterocycles. The van der Waals surface area contributed by atoms with Crippen molar-refractivity contribution in [2.45, 2.75) is 18.3 Å². The van der Waals surface area contributed by atoms with Gasteiger partial charge < -0.3 is 4.74 Å². The topological polar surface area (TPSA) is 95.3 Å². The molecule has 0 aliphatic carbocycles. The second kappa shape index (κ2) is 7.31. The maximum atomic E-state index is 12.9. The van der Waals surface area contributed by atoms with Crippen LogP contribution >= 0.6 is 11.6 Å². The molecular formula is C15H12ClF3N2O5S. The molecule has 0 amide bonds. The van der Waals surface area contributed by atoms with Crippen LogP contribution in [-0.2, 0) is 20.8 Å². The van der Waals surface area contributed by atoms with Crippen molar-refractivity contribution in [2.24, 2.45) is 0 Å². The van der Waals surface area contributed by atoms with Crippen LogP contribution in [0.25, 0.3) is 5.69 Å². The average molecular weight is 425 g/mol. The van der Waals surface area contributed by atoms with Gasteiger partial charge in [-0.2, -0.15) is 13.2 Å². The minimum absolute atomic E-state index is 0.0236. The quantitative estimate of drug-likeness (QED) is 0.552. The number of nitrogens with zero attached hydrogens (tertiary/aromatic N) is 2. The molecule has 2 aromatic rings. The van der Waals surface area contributed by atoms with Gasteiger partial charge in [-0.05, 0) is 25.1 Å². The van der Waals surface area contributed by atoms with E-state index in [0.717, 1.165) is 12.1 Å². The van der Waals surface area contributed by atoms with E-state index in [1.54, 1.807) is 6.92 Å². The molecule has 1 heterocycles. The van der Waals surface area contributed by atoms with Gasteiger partial charge in [0.2, 0.25) is 15.0 Å². The van der Waals surface area contributed by atoms with Crippen molar-refractivity contribution in [3.05, 3.63) is 50.9 Å². The first kappa shape index (κ1) is 20.9. The summed E-state index contributed by atoms with van der Waals surface area (Å²) in [4.78, 5) is 27.3. The Labute approximate surface area is 156 Å². The highest BCUT2D eigenvalue weighted by molar-refractivity contribution is 7.90.